The summed E-state index contributed by atoms with van der Waals surface area (Å²) in [5.41, 5.74) is 2.52. The number of amides is 4. The van der Waals surface area contributed by atoms with Gasteiger partial charge in [0, 0.05) is 26.1 Å². The molecule has 0 spiro atoms. The molecule has 2 aromatic carbocycles. The summed E-state index contributed by atoms with van der Waals surface area (Å²) >= 11 is 0. The second kappa shape index (κ2) is 7.50. The maximum atomic E-state index is 12.9. The predicted octanol–water partition coefficient (Wildman–Crippen LogP) is 1.68. The predicted molar refractivity (Wildman–Crippen MR) is 105 cm³/mol. The minimum Gasteiger partial charge on any atom is -0.352 e. The van der Waals surface area contributed by atoms with Crippen LogP contribution in [0.25, 0.3) is 0 Å². The number of benzene rings is 2. The third-order valence-electron chi connectivity index (χ3n) is 5.35. The maximum absolute atomic E-state index is 12.9. The third kappa shape index (κ3) is 3.40. The number of nitrogens with zero attached hydrogens (tertiary/aromatic N) is 2. The fraction of sp³-hybridized carbons (Fsp3) is 0.273. The van der Waals surface area contributed by atoms with Gasteiger partial charge in [-0.2, -0.15) is 0 Å². The molecule has 7 heteroatoms. The Balaban J connectivity index is 1.49. The second-order valence-electron chi connectivity index (χ2n) is 7.25. The molecule has 0 radical (unpaired) electrons. The summed E-state index contributed by atoms with van der Waals surface area (Å²) in [4.78, 5) is 53.0. The quantitative estimate of drug-likeness (QED) is 0.804. The minimum atomic E-state index is -0.709. The Morgan fingerprint density at radius 2 is 1.62 bits per heavy atom. The summed E-state index contributed by atoms with van der Waals surface area (Å²) in [7, 11) is 0. The van der Waals surface area contributed by atoms with Crippen molar-refractivity contribution in [2.45, 2.75) is 19.4 Å². The zero-order chi connectivity index (χ0) is 20.5. The van der Waals surface area contributed by atoms with Gasteiger partial charge in [0.15, 0.2) is 0 Å². The Bertz CT molecular complexity index is 964. The van der Waals surface area contributed by atoms with Crippen molar-refractivity contribution in [2.75, 3.05) is 19.6 Å². The molecule has 4 amide bonds. The van der Waals surface area contributed by atoms with Crippen LogP contribution in [0.4, 0.5) is 0 Å². The number of carbonyl (C=O) groups excluding carboxylic acids is 4. The molecule has 2 aliphatic heterocycles. The summed E-state index contributed by atoms with van der Waals surface area (Å²) in [5, 5.41) is 2.80. The molecule has 7 nitrogen and oxygen atoms in total. The van der Waals surface area contributed by atoms with Crippen molar-refractivity contribution in [3.05, 3.63) is 70.8 Å². The SMILES string of the molecule is Cc1ccc(C2C(=O)NCCN2C(=O)CCN2C(=O)c3ccccc3C2=O)cc1. The van der Waals surface area contributed by atoms with E-state index in [4.69, 9.17) is 0 Å². The zero-order valence-corrected chi connectivity index (χ0v) is 16.1. The van der Waals surface area contributed by atoms with E-state index in [-0.39, 0.29) is 36.6 Å². The molecule has 0 aromatic heterocycles. The van der Waals surface area contributed by atoms with Gasteiger partial charge in [0.1, 0.15) is 6.04 Å². The first-order valence-electron chi connectivity index (χ1n) is 9.56. The van der Waals surface area contributed by atoms with E-state index in [2.05, 4.69) is 5.32 Å². The van der Waals surface area contributed by atoms with E-state index in [0.717, 1.165) is 16.0 Å². The summed E-state index contributed by atoms with van der Waals surface area (Å²) in [6, 6.07) is 13.4. The van der Waals surface area contributed by atoms with Gasteiger partial charge < -0.3 is 10.2 Å². The van der Waals surface area contributed by atoms with Gasteiger partial charge in [0.25, 0.3) is 11.8 Å². The molecule has 0 aliphatic carbocycles. The van der Waals surface area contributed by atoms with Crippen LogP contribution < -0.4 is 5.32 Å². The molecule has 4 rings (SSSR count). The number of piperazine rings is 1. The molecule has 1 atom stereocenters. The van der Waals surface area contributed by atoms with Gasteiger partial charge in [-0.05, 0) is 24.6 Å². The topological polar surface area (TPSA) is 86.8 Å². The van der Waals surface area contributed by atoms with Crippen LogP contribution in [-0.4, -0.2) is 53.1 Å². The standard InChI is InChI=1S/C22H21N3O4/c1-14-6-8-15(9-7-14)19-20(27)23-11-13-24(19)18(26)10-12-25-21(28)16-4-2-3-5-17(16)22(25)29/h2-9,19H,10-13H2,1H3,(H,23,27). The molecule has 1 fully saturated rings. The Morgan fingerprint density at radius 3 is 2.24 bits per heavy atom. The Kier molecular flexibility index (Phi) is 4.88. The number of hydrogen-bond acceptors (Lipinski definition) is 4. The highest BCUT2D eigenvalue weighted by atomic mass is 16.2. The van der Waals surface area contributed by atoms with Crippen molar-refractivity contribution in [3.8, 4) is 0 Å². The average Bonchev–Trinajstić information content (AvgIpc) is 2.97. The lowest BCUT2D eigenvalue weighted by molar-refractivity contribution is -0.143. The van der Waals surface area contributed by atoms with E-state index in [9.17, 15) is 19.2 Å². The highest BCUT2D eigenvalue weighted by molar-refractivity contribution is 6.21. The number of nitrogens with one attached hydrogen (secondary N) is 1. The molecular weight excluding hydrogens is 370 g/mol. The van der Waals surface area contributed by atoms with Gasteiger partial charge in [-0.1, -0.05) is 42.0 Å². The van der Waals surface area contributed by atoms with Crippen LogP contribution in [0.2, 0.25) is 0 Å². The van der Waals surface area contributed by atoms with E-state index in [1.54, 1.807) is 24.3 Å². The first kappa shape index (κ1) is 18.9. The van der Waals surface area contributed by atoms with E-state index in [0.29, 0.717) is 24.2 Å². The Morgan fingerprint density at radius 1 is 1.00 bits per heavy atom. The van der Waals surface area contributed by atoms with E-state index >= 15 is 0 Å². The molecule has 0 saturated carbocycles. The Labute approximate surface area is 168 Å². The molecule has 1 saturated heterocycles. The average molecular weight is 391 g/mol. The first-order chi connectivity index (χ1) is 14.0. The van der Waals surface area contributed by atoms with Gasteiger partial charge >= 0.3 is 0 Å². The molecule has 2 aromatic rings. The molecular formula is C22H21N3O4. The maximum Gasteiger partial charge on any atom is 0.261 e. The van der Waals surface area contributed by atoms with Crippen molar-refractivity contribution < 1.29 is 19.2 Å². The van der Waals surface area contributed by atoms with Crippen molar-refractivity contribution in [2.24, 2.45) is 0 Å². The minimum absolute atomic E-state index is 0.0100. The van der Waals surface area contributed by atoms with E-state index < -0.39 is 6.04 Å². The summed E-state index contributed by atoms with van der Waals surface area (Å²) in [6.07, 6.45) is -0.0267. The van der Waals surface area contributed by atoms with Crippen molar-refractivity contribution in [1.29, 1.82) is 0 Å². The number of fused-ring (bicyclic) bond motifs is 1. The molecule has 2 heterocycles. The van der Waals surface area contributed by atoms with Crippen LogP contribution in [0.15, 0.2) is 48.5 Å². The largest absolute Gasteiger partial charge is 0.352 e. The Hall–Kier alpha value is -3.48. The van der Waals surface area contributed by atoms with Crippen LogP contribution in [0.1, 0.15) is 44.3 Å². The second-order valence-corrected chi connectivity index (χ2v) is 7.25. The van der Waals surface area contributed by atoms with Gasteiger partial charge in [-0.15, -0.1) is 0 Å². The van der Waals surface area contributed by atoms with Crippen molar-refractivity contribution in [3.63, 3.8) is 0 Å². The fourth-order valence-corrected chi connectivity index (χ4v) is 3.81. The molecule has 29 heavy (non-hydrogen) atoms. The number of aryl methyl sites for hydroxylation is 1. The summed E-state index contributed by atoms with van der Waals surface area (Å²) < 4.78 is 0. The monoisotopic (exact) mass is 391 g/mol. The lowest BCUT2D eigenvalue weighted by Crippen LogP contribution is -2.52. The summed E-state index contributed by atoms with van der Waals surface area (Å²) in [5.74, 6) is -1.26. The van der Waals surface area contributed by atoms with Gasteiger partial charge in [0.05, 0.1) is 11.1 Å². The normalized spacial score (nSPS) is 18.7. The van der Waals surface area contributed by atoms with Gasteiger partial charge in [0.2, 0.25) is 11.8 Å². The number of hydrogen-bond donors (Lipinski definition) is 1. The molecule has 0 bridgehead atoms. The molecule has 148 valence electrons. The van der Waals surface area contributed by atoms with E-state index in [1.165, 1.54) is 4.90 Å². The smallest absolute Gasteiger partial charge is 0.261 e. The fourth-order valence-electron chi connectivity index (χ4n) is 3.81. The number of rotatable bonds is 4. The highest BCUT2D eigenvalue weighted by Crippen LogP contribution is 2.26. The molecule has 1 unspecified atom stereocenters. The zero-order valence-electron chi connectivity index (χ0n) is 16.1. The molecule has 2 aliphatic rings. The van der Waals surface area contributed by atoms with Crippen LogP contribution in [-0.2, 0) is 9.59 Å². The summed E-state index contributed by atoms with van der Waals surface area (Å²) in [6.45, 7) is 2.70. The van der Waals surface area contributed by atoms with Gasteiger partial charge in [-0.3, -0.25) is 24.1 Å². The highest BCUT2D eigenvalue weighted by Gasteiger charge is 2.37. The lowest BCUT2D eigenvalue weighted by atomic mass is 10.0. The van der Waals surface area contributed by atoms with Crippen LogP contribution in [0, 0.1) is 6.92 Å². The third-order valence-corrected chi connectivity index (χ3v) is 5.35. The van der Waals surface area contributed by atoms with Crippen molar-refractivity contribution in [1.82, 2.24) is 15.1 Å². The van der Waals surface area contributed by atoms with Crippen LogP contribution in [0.3, 0.4) is 0 Å². The van der Waals surface area contributed by atoms with Gasteiger partial charge in [-0.25, -0.2) is 0 Å². The first-order valence-corrected chi connectivity index (χ1v) is 9.56. The van der Waals surface area contributed by atoms with Crippen LogP contribution in [0.5, 0.6) is 0 Å². The number of imide groups is 1. The van der Waals surface area contributed by atoms with Crippen LogP contribution >= 0.6 is 0 Å². The number of carbonyl (C=O) groups is 4. The van der Waals surface area contributed by atoms with Crippen molar-refractivity contribution >= 4 is 23.6 Å². The lowest BCUT2D eigenvalue weighted by Gasteiger charge is -2.35. The molecule has 1 N–H and O–H groups in total. The van der Waals surface area contributed by atoms with E-state index in [1.807, 2.05) is 31.2 Å².